The van der Waals surface area contributed by atoms with Gasteiger partial charge in [-0.3, -0.25) is 4.99 Å². The molecule has 0 fully saturated rings. The highest BCUT2D eigenvalue weighted by molar-refractivity contribution is 5.92. The van der Waals surface area contributed by atoms with Crippen LogP contribution < -0.4 is 16.4 Å². The number of benzene rings is 1. The average Bonchev–Trinajstić information content (AvgIpc) is 2.37. The summed E-state index contributed by atoms with van der Waals surface area (Å²) in [5.41, 5.74) is 8.61. The van der Waals surface area contributed by atoms with Crippen LogP contribution in [0.4, 0.5) is 10.5 Å². The minimum absolute atomic E-state index is 0.314. The van der Waals surface area contributed by atoms with Crippen molar-refractivity contribution < 1.29 is 9.53 Å². The SMILES string of the molecule is Cc1ccc(NC(N)=NCCNC(=O)OC(C)(C)C)cc1C. The van der Waals surface area contributed by atoms with Gasteiger partial charge in [-0.05, 0) is 57.9 Å². The Morgan fingerprint density at radius 2 is 1.95 bits per heavy atom. The van der Waals surface area contributed by atoms with E-state index in [1.807, 2.05) is 45.9 Å². The summed E-state index contributed by atoms with van der Waals surface area (Å²) < 4.78 is 5.12. The van der Waals surface area contributed by atoms with E-state index in [2.05, 4.69) is 22.5 Å². The summed E-state index contributed by atoms with van der Waals surface area (Å²) in [5, 5.41) is 5.64. The molecular weight excluding hydrogens is 280 g/mol. The Bertz CT molecular complexity index is 548. The van der Waals surface area contributed by atoms with Gasteiger partial charge in [-0.1, -0.05) is 6.07 Å². The highest BCUT2D eigenvalue weighted by Gasteiger charge is 2.15. The first-order valence-corrected chi connectivity index (χ1v) is 7.28. The van der Waals surface area contributed by atoms with Crippen LogP contribution >= 0.6 is 0 Å². The molecular formula is C16H26N4O2. The van der Waals surface area contributed by atoms with Crippen molar-refractivity contribution >= 4 is 17.7 Å². The number of aryl methyl sites for hydroxylation is 2. The number of carbonyl (C=O) groups excluding carboxylic acids is 1. The summed E-state index contributed by atoms with van der Waals surface area (Å²) in [6.07, 6.45) is -0.455. The van der Waals surface area contributed by atoms with Crippen LogP contribution in [0.5, 0.6) is 0 Å². The summed E-state index contributed by atoms with van der Waals surface area (Å²) >= 11 is 0. The zero-order chi connectivity index (χ0) is 16.8. The number of alkyl carbamates (subject to hydrolysis) is 1. The Labute approximate surface area is 132 Å². The predicted octanol–water partition coefficient (Wildman–Crippen LogP) is 2.55. The molecule has 1 aromatic rings. The molecule has 0 bridgehead atoms. The number of amides is 1. The van der Waals surface area contributed by atoms with Crippen molar-refractivity contribution in [3.05, 3.63) is 29.3 Å². The summed E-state index contributed by atoms with van der Waals surface area (Å²) in [6.45, 7) is 10.3. The van der Waals surface area contributed by atoms with Gasteiger partial charge in [0.25, 0.3) is 0 Å². The third kappa shape index (κ3) is 6.97. The predicted molar refractivity (Wildman–Crippen MR) is 90.3 cm³/mol. The minimum atomic E-state index is -0.503. The molecule has 4 N–H and O–H groups in total. The van der Waals surface area contributed by atoms with Gasteiger partial charge in [0.15, 0.2) is 5.96 Å². The van der Waals surface area contributed by atoms with Crippen LogP contribution in [-0.4, -0.2) is 30.7 Å². The highest BCUT2D eigenvalue weighted by atomic mass is 16.6. The van der Waals surface area contributed by atoms with Gasteiger partial charge in [0.2, 0.25) is 0 Å². The van der Waals surface area contributed by atoms with Crippen molar-refractivity contribution in [3.8, 4) is 0 Å². The van der Waals surface area contributed by atoms with Gasteiger partial charge in [0, 0.05) is 12.2 Å². The number of hydrogen-bond donors (Lipinski definition) is 3. The fraction of sp³-hybridized carbons (Fsp3) is 0.500. The van der Waals surface area contributed by atoms with Crippen LogP contribution in [0.25, 0.3) is 0 Å². The van der Waals surface area contributed by atoms with Gasteiger partial charge in [0.05, 0.1) is 6.54 Å². The van der Waals surface area contributed by atoms with Crippen LogP contribution in [-0.2, 0) is 4.74 Å². The molecule has 1 amide bonds. The smallest absolute Gasteiger partial charge is 0.407 e. The van der Waals surface area contributed by atoms with Crippen molar-refractivity contribution in [3.63, 3.8) is 0 Å². The Morgan fingerprint density at radius 1 is 1.27 bits per heavy atom. The molecule has 0 unspecified atom stereocenters. The van der Waals surface area contributed by atoms with Crippen molar-refractivity contribution in [2.75, 3.05) is 18.4 Å². The maximum Gasteiger partial charge on any atom is 0.407 e. The van der Waals surface area contributed by atoms with Crippen LogP contribution in [0.2, 0.25) is 0 Å². The summed E-state index contributed by atoms with van der Waals surface area (Å²) in [5.74, 6) is 0.314. The number of nitrogens with one attached hydrogen (secondary N) is 2. The molecule has 0 aliphatic carbocycles. The lowest BCUT2D eigenvalue weighted by molar-refractivity contribution is 0.0529. The van der Waals surface area contributed by atoms with Crippen LogP contribution in [0, 0.1) is 13.8 Å². The van der Waals surface area contributed by atoms with E-state index >= 15 is 0 Å². The van der Waals surface area contributed by atoms with Gasteiger partial charge in [-0.15, -0.1) is 0 Å². The van der Waals surface area contributed by atoms with Crippen LogP contribution in [0.15, 0.2) is 23.2 Å². The number of nitrogens with two attached hydrogens (primary N) is 1. The molecule has 6 heteroatoms. The third-order valence-electron chi connectivity index (χ3n) is 2.84. The van der Waals surface area contributed by atoms with Gasteiger partial charge >= 0.3 is 6.09 Å². The highest BCUT2D eigenvalue weighted by Crippen LogP contribution is 2.13. The van der Waals surface area contributed by atoms with Crippen molar-refractivity contribution in [2.24, 2.45) is 10.7 Å². The Morgan fingerprint density at radius 3 is 2.55 bits per heavy atom. The Hall–Kier alpha value is -2.24. The van der Waals surface area contributed by atoms with Crippen molar-refractivity contribution in [1.29, 1.82) is 0 Å². The van der Waals surface area contributed by atoms with Crippen molar-refractivity contribution in [2.45, 2.75) is 40.2 Å². The molecule has 0 saturated heterocycles. The molecule has 0 atom stereocenters. The lowest BCUT2D eigenvalue weighted by atomic mass is 10.1. The van der Waals surface area contributed by atoms with Gasteiger partial charge in [0.1, 0.15) is 5.60 Å². The van der Waals surface area contributed by atoms with Crippen molar-refractivity contribution in [1.82, 2.24) is 5.32 Å². The first-order valence-electron chi connectivity index (χ1n) is 7.28. The quantitative estimate of drug-likeness (QED) is 0.453. The summed E-state index contributed by atoms with van der Waals surface area (Å²) in [6, 6.07) is 5.98. The molecule has 122 valence electrons. The number of ether oxygens (including phenoxy) is 1. The zero-order valence-corrected chi connectivity index (χ0v) is 14.0. The minimum Gasteiger partial charge on any atom is -0.444 e. The maximum atomic E-state index is 11.4. The molecule has 1 rings (SSSR count). The largest absolute Gasteiger partial charge is 0.444 e. The Kier molecular flexibility index (Phi) is 6.22. The first kappa shape index (κ1) is 17.8. The molecule has 1 aromatic carbocycles. The lowest BCUT2D eigenvalue weighted by Gasteiger charge is -2.19. The second kappa shape index (κ2) is 7.68. The number of hydrogen-bond acceptors (Lipinski definition) is 3. The van der Waals surface area contributed by atoms with E-state index in [9.17, 15) is 4.79 Å². The maximum absolute atomic E-state index is 11.4. The fourth-order valence-electron chi connectivity index (χ4n) is 1.66. The molecule has 0 spiro atoms. The fourth-order valence-corrected chi connectivity index (χ4v) is 1.66. The first-order chi connectivity index (χ1) is 10.2. The summed E-state index contributed by atoms with van der Waals surface area (Å²) in [4.78, 5) is 15.6. The zero-order valence-electron chi connectivity index (χ0n) is 14.0. The van der Waals surface area contributed by atoms with Crippen LogP contribution in [0.3, 0.4) is 0 Å². The third-order valence-corrected chi connectivity index (χ3v) is 2.84. The molecule has 0 radical (unpaired) electrons. The number of guanidine groups is 1. The van der Waals surface area contributed by atoms with E-state index in [0.29, 0.717) is 19.0 Å². The number of aliphatic imine (C=N–C) groups is 1. The van der Waals surface area contributed by atoms with E-state index in [4.69, 9.17) is 10.5 Å². The molecule has 0 heterocycles. The van der Waals surface area contributed by atoms with Crippen LogP contribution in [0.1, 0.15) is 31.9 Å². The number of carbonyl (C=O) groups is 1. The standard InChI is InChI=1S/C16H26N4O2/c1-11-6-7-13(10-12(11)2)20-14(17)18-8-9-19-15(21)22-16(3,4)5/h6-7,10H,8-9H2,1-5H3,(H,19,21)(H3,17,18,20). The second-order valence-corrected chi connectivity index (χ2v) is 6.12. The normalized spacial score (nSPS) is 12.0. The van der Waals surface area contributed by atoms with Gasteiger partial charge in [-0.2, -0.15) is 0 Å². The lowest BCUT2D eigenvalue weighted by Crippen LogP contribution is -2.34. The topological polar surface area (TPSA) is 88.7 Å². The number of nitrogens with zero attached hydrogens (tertiary/aromatic N) is 1. The van der Waals surface area contributed by atoms with Gasteiger partial charge in [-0.25, -0.2) is 4.79 Å². The van der Waals surface area contributed by atoms with E-state index in [-0.39, 0.29) is 0 Å². The van der Waals surface area contributed by atoms with Gasteiger partial charge < -0.3 is 21.1 Å². The number of rotatable bonds is 4. The van der Waals surface area contributed by atoms with E-state index in [1.54, 1.807) is 0 Å². The molecule has 0 aliphatic rings. The average molecular weight is 306 g/mol. The number of anilines is 1. The molecule has 0 aliphatic heterocycles. The molecule has 22 heavy (non-hydrogen) atoms. The summed E-state index contributed by atoms with van der Waals surface area (Å²) in [7, 11) is 0. The Balaban J connectivity index is 2.37. The molecule has 0 saturated carbocycles. The van der Waals surface area contributed by atoms with E-state index < -0.39 is 11.7 Å². The molecule has 6 nitrogen and oxygen atoms in total. The molecule has 0 aromatic heterocycles. The van der Waals surface area contributed by atoms with E-state index in [1.165, 1.54) is 11.1 Å². The van der Waals surface area contributed by atoms with E-state index in [0.717, 1.165) is 5.69 Å². The second-order valence-electron chi connectivity index (χ2n) is 6.12. The monoisotopic (exact) mass is 306 g/mol.